The van der Waals surface area contributed by atoms with Crippen LogP contribution >= 0.6 is 11.6 Å². The molecular formula is C11H11ClN2. The van der Waals surface area contributed by atoms with Crippen LogP contribution in [0.5, 0.6) is 0 Å². The van der Waals surface area contributed by atoms with E-state index in [0.29, 0.717) is 11.3 Å². The zero-order valence-electron chi connectivity index (χ0n) is 8.00. The van der Waals surface area contributed by atoms with Crippen LogP contribution < -0.4 is 0 Å². The molecule has 0 aliphatic carbocycles. The highest BCUT2D eigenvalue weighted by atomic mass is 35.5. The van der Waals surface area contributed by atoms with E-state index in [-0.39, 0.29) is 0 Å². The number of rotatable bonds is 0. The van der Waals surface area contributed by atoms with Crippen molar-refractivity contribution >= 4 is 22.6 Å². The first-order valence-electron chi connectivity index (χ1n) is 4.92. The number of aromatic nitrogens is 2. The molecule has 72 valence electrons. The summed E-state index contributed by atoms with van der Waals surface area (Å²) in [6.07, 6.45) is 2.29. The average Bonchev–Trinajstić information content (AvgIpc) is 2.51. The highest BCUT2D eigenvalue weighted by Crippen LogP contribution is 2.33. The van der Waals surface area contributed by atoms with Gasteiger partial charge in [0.05, 0.1) is 11.0 Å². The molecule has 3 rings (SSSR count). The zero-order chi connectivity index (χ0) is 9.71. The predicted octanol–water partition coefficient (Wildman–Crippen LogP) is 3.20. The molecule has 1 atom stereocenters. The van der Waals surface area contributed by atoms with Crippen molar-refractivity contribution in [3.05, 3.63) is 29.0 Å². The van der Waals surface area contributed by atoms with Gasteiger partial charge in [-0.15, -0.1) is 0 Å². The van der Waals surface area contributed by atoms with Gasteiger partial charge in [-0.1, -0.05) is 12.1 Å². The first-order chi connectivity index (χ1) is 6.77. The lowest BCUT2D eigenvalue weighted by molar-refractivity contribution is 0.502. The van der Waals surface area contributed by atoms with Gasteiger partial charge < -0.3 is 4.57 Å². The second kappa shape index (κ2) is 2.74. The van der Waals surface area contributed by atoms with Gasteiger partial charge in [-0.05, 0) is 43.0 Å². The molecule has 0 N–H and O–H groups in total. The van der Waals surface area contributed by atoms with Gasteiger partial charge in [0.25, 0.3) is 0 Å². The fraction of sp³-hybridized carbons (Fsp3) is 0.364. The van der Waals surface area contributed by atoms with Crippen molar-refractivity contribution in [1.29, 1.82) is 0 Å². The van der Waals surface area contributed by atoms with Crippen LogP contribution in [0.3, 0.4) is 0 Å². The van der Waals surface area contributed by atoms with Crippen LogP contribution in [0.25, 0.3) is 11.0 Å². The Morgan fingerprint density at radius 1 is 1.50 bits per heavy atom. The molecule has 0 bridgehead atoms. The second-order valence-electron chi connectivity index (χ2n) is 3.92. The fourth-order valence-corrected chi connectivity index (χ4v) is 2.63. The molecule has 0 fully saturated rings. The Bertz CT molecular complexity index is 501. The molecule has 1 aliphatic rings. The summed E-state index contributed by atoms with van der Waals surface area (Å²) in [7, 11) is 0. The van der Waals surface area contributed by atoms with E-state index in [0.717, 1.165) is 18.4 Å². The molecule has 2 nitrogen and oxygen atoms in total. The van der Waals surface area contributed by atoms with E-state index in [9.17, 15) is 0 Å². The normalized spacial score (nSPS) is 20.3. The summed E-state index contributed by atoms with van der Waals surface area (Å²) in [5, 5.41) is 0.625. The minimum atomic E-state index is 0.474. The molecule has 0 saturated heterocycles. The first-order valence-corrected chi connectivity index (χ1v) is 5.30. The molecule has 2 heterocycles. The van der Waals surface area contributed by atoms with Crippen molar-refractivity contribution in [2.45, 2.75) is 25.8 Å². The maximum absolute atomic E-state index is 6.12. The van der Waals surface area contributed by atoms with Crippen molar-refractivity contribution in [2.75, 3.05) is 0 Å². The van der Waals surface area contributed by atoms with Crippen LogP contribution in [-0.2, 0) is 6.42 Å². The topological polar surface area (TPSA) is 17.8 Å². The smallest absolute Gasteiger partial charge is 0.204 e. The van der Waals surface area contributed by atoms with E-state index in [2.05, 4.69) is 28.6 Å². The average molecular weight is 207 g/mol. The van der Waals surface area contributed by atoms with E-state index in [1.807, 2.05) is 6.07 Å². The highest BCUT2D eigenvalue weighted by Gasteiger charge is 2.21. The Hall–Kier alpha value is -1.02. The summed E-state index contributed by atoms with van der Waals surface area (Å²) in [6, 6.07) is 6.73. The summed E-state index contributed by atoms with van der Waals surface area (Å²) in [4.78, 5) is 4.36. The Labute approximate surface area is 87.5 Å². The molecule has 0 radical (unpaired) electrons. The van der Waals surface area contributed by atoms with E-state index < -0.39 is 0 Å². The monoisotopic (exact) mass is 206 g/mol. The minimum absolute atomic E-state index is 0.474. The molecule has 0 saturated carbocycles. The number of benzene rings is 1. The van der Waals surface area contributed by atoms with Gasteiger partial charge in [0, 0.05) is 6.04 Å². The first kappa shape index (κ1) is 8.30. The summed E-state index contributed by atoms with van der Waals surface area (Å²) >= 11 is 6.12. The van der Waals surface area contributed by atoms with E-state index in [1.165, 1.54) is 11.1 Å². The van der Waals surface area contributed by atoms with Crippen LogP contribution in [0.15, 0.2) is 18.2 Å². The van der Waals surface area contributed by atoms with Gasteiger partial charge in [0.2, 0.25) is 5.28 Å². The summed E-state index contributed by atoms with van der Waals surface area (Å²) in [6.45, 7) is 2.20. The number of hydrogen-bond acceptors (Lipinski definition) is 1. The number of aryl methyl sites for hydroxylation is 1. The van der Waals surface area contributed by atoms with Crippen LogP contribution in [0, 0.1) is 0 Å². The van der Waals surface area contributed by atoms with Gasteiger partial charge in [0.1, 0.15) is 0 Å². The second-order valence-corrected chi connectivity index (χ2v) is 4.26. The van der Waals surface area contributed by atoms with Crippen LogP contribution in [0.1, 0.15) is 24.9 Å². The number of para-hydroxylation sites is 1. The number of nitrogens with zero attached hydrogens (tertiary/aromatic N) is 2. The largest absolute Gasteiger partial charge is 0.312 e. The van der Waals surface area contributed by atoms with Gasteiger partial charge in [-0.2, -0.15) is 0 Å². The Balaban J connectivity index is 2.48. The summed E-state index contributed by atoms with van der Waals surface area (Å²) in [5.74, 6) is 0. The molecule has 0 spiro atoms. The molecule has 2 aromatic rings. The van der Waals surface area contributed by atoms with Crippen molar-refractivity contribution in [3.63, 3.8) is 0 Å². The number of imidazole rings is 1. The van der Waals surface area contributed by atoms with Gasteiger partial charge in [0.15, 0.2) is 0 Å². The standard InChI is InChI=1S/C11H11ClN2/c1-7-5-6-8-3-2-4-9-10(8)14(7)11(12)13-9/h2-4,7H,5-6H2,1H3. The summed E-state index contributed by atoms with van der Waals surface area (Å²) in [5.41, 5.74) is 3.63. The van der Waals surface area contributed by atoms with Crippen molar-refractivity contribution in [3.8, 4) is 0 Å². The lowest BCUT2D eigenvalue weighted by atomic mass is 10.0. The molecule has 1 aliphatic heterocycles. The third-order valence-electron chi connectivity index (χ3n) is 3.02. The van der Waals surface area contributed by atoms with Gasteiger partial charge in [-0.3, -0.25) is 0 Å². The Morgan fingerprint density at radius 3 is 3.21 bits per heavy atom. The van der Waals surface area contributed by atoms with Crippen LogP contribution in [0.2, 0.25) is 5.28 Å². The minimum Gasteiger partial charge on any atom is -0.312 e. The molecular weight excluding hydrogens is 196 g/mol. The Kier molecular flexibility index (Phi) is 1.62. The summed E-state index contributed by atoms with van der Waals surface area (Å²) < 4.78 is 2.15. The van der Waals surface area contributed by atoms with Gasteiger partial charge in [-0.25, -0.2) is 4.98 Å². The fourth-order valence-electron chi connectivity index (χ4n) is 2.29. The molecule has 3 heteroatoms. The number of halogens is 1. The lowest BCUT2D eigenvalue weighted by Crippen LogP contribution is -2.12. The van der Waals surface area contributed by atoms with Crippen molar-refractivity contribution in [2.24, 2.45) is 0 Å². The van der Waals surface area contributed by atoms with Crippen LogP contribution in [-0.4, -0.2) is 9.55 Å². The third-order valence-corrected chi connectivity index (χ3v) is 3.29. The van der Waals surface area contributed by atoms with Gasteiger partial charge >= 0.3 is 0 Å². The quantitative estimate of drug-likeness (QED) is 0.647. The molecule has 1 aromatic carbocycles. The maximum atomic E-state index is 6.12. The van der Waals surface area contributed by atoms with Crippen LogP contribution in [0.4, 0.5) is 0 Å². The highest BCUT2D eigenvalue weighted by molar-refractivity contribution is 6.29. The van der Waals surface area contributed by atoms with Crippen molar-refractivity contribution in [1.82, 2.24) is 9.55 Å². The Morgan fingerprint density at radius 2 is 2.36 bits per heavy atom. The van der Waals surface area contributed by atoms with Crippen molar-refractivity contribution < 1.29 is 0 Å². The number of hydrogen-bond donors (Lipinski definition) is 0. The maximum Gasteiger partial charge on any atom is 0.204 e. The molecule has 1 aromatic heterocycles. The van der Waals surface area contributed by atoms with E-state index in [4.69, 9.17) is 11.6 Å². The SMILES string of the molecule is CC1CCc2cccc3nc(Cl)n1c23. The lowest BCUT2D eigenvalue weighted by Gasteiger charge is -2.22. The van der Waals surface area contributed by atoms with E-state index in [1.54, 1.807) is 0 Å². The molecule has 14 heavy (non-hydrogen) atoms. The predicted molar refractivity (Wildman–Crippen MR) is 57.8 cm³/mol. The molecule has 1 unspecified atom stereocenters. The molecule has 0 amide bonds. The zero-order valence-corrected chi connectivity index (χ0v) is 8.75. The van der Waals surface area contributed by atoms with E-state index >= 15 is 0 Å². The third kappa shape index (κ3) is 0.947.